The zero-order valence-corrected chi connectivity index (χ0v) is 11.8. The van der Waals surface area contributed by atoms with Crippen LogP contribution in [0.5, 0.6) is 11.6 Å². The lowest BCUT2D eigenvalue weighted by molar-refractivity contribution is 0.0697. The molecule has 0 saturated carbocycles. The van der Waals surface area contributed by atoms with Gasteiger partial charge in [0.05, 0.1) is 11.3 Å². The van der Waals surface area contributed by atoms with Crippen LogP contribution in [-0.2, 0) is 0 Å². The van der Waals surface area contributed by atoms with E-state index in [1.807, 2.05) is 0 Å². The van der Waals surface area contributed by atoms with E-state index in [9.17, 15) is 10.1 Å². The summed E-state index contributed by atoms with van der Waals surface area (Å²) in [5, 5.41) is 26.0. The summed E-state index contributed by atoms with van der Waals surface area (Å²) in [7, 11) is 0. The quantitative estimate of drug-likeness (QED) is 0.930. The van der Waals surface area contributed by atoms with Gasteiger partial charge in [0.1, 0.15) is 17.4 Å². The van der Waals surface area contributed by atoms with E-state index < -0.39 is 5.97 Å². The van der Waals surface area contributed by atoms with E-state index in [2.05, 4.69) is 16.3 Å². The molecule has 1 N–H and O–H groups in total. The largest absolute Gasteiger partial charge is 0.478 e. The van der Waals surface area contributed by atoms with Crippen LogP contribution in [0.4, 0.5) is 0 Å². The Hall–Kier alpha value is -2.94. The smallest absolute Gasteiger partial charge is 0.335 e. The van der Waals surface area contributed by atoms with Crippen molar-refractivity contribution in [1.29, 1.82) is 5.26 Å². The Morgan fingerprint density at radius 1 is 1.29 bits per heavy atom. The molecular formula is C15H13N3O3. The van der Waals surface area contributed by atoms with Crippen molar-refractivity contribution >= 4 is 5.97 Å². The fourth-order valence-corrected chi connectivity index (χ4v) is 1.79. The maximum Gasteiger partial charge on any atom is 0.335 e. The summed E-state index contributed by atoms with van der Waals surface area (Å²) in [6, 6.07) is 6.52. The minimum atomic E-state index is -1.01. The summed E-state index contributed by atoms with van der Waals surface area (Å²) in [6.07, 6.45) is 0. The Morgan fingerprint density at radius 2 is 2.00 bits per heavy atom. The molecule has 0 spiro atoms. The molecule has 0 amide bonds. The van der Waals surface area contributed by atoms with Crippen LogP contribution >= 0.6 is 0 Å². The number of aromatic nitrogens is 2. The van der Waals surface area contributed by atoms with E-state index in [4.69, 9.17) is 9.84 Å². The van der Waals surface area contributed by atoms with Gasteiger partial charge in [0, 0.05) is 0 Å². The molecule has 1 aromatic carbocycles. The van der Waals surface area contributed by atoms with E-state index in [0.717, 1.165) is 0 Å². The second-order valence-corrected chi connectivity index (χ2v) is 4.59. The van der Waals surface area contributed by atoms with Crippen molar-refractivity contribution in [2.75, 3.05) is 0 Å². The minimum absolute atomic E-state index is 0.117. The molecule has 1 aromatic heterocycles. The first-order valence-corrected chi connectivity index (χ1v) is 6.19. The molecular weight excluding hydrogens is 270 g/mol. The van der Waals surface area contributed by atoms with Crippen LogP contribution in [0.15, 0.2) is 18.2 Å². The highest BCUT2D eigenvalue weighted by Crippen LogP contribution is 2.28. The molecule has 106 valence electrons. The average Bonchev–Trinajstić information content (AvgIpc) is 2.45. The lowest BCUT2D eigenvalue weighted by atomic mass is 10.1. The Kier molecular flexibility index (Phi) is 3.85. The molecule has 6 heteroatoms. The number of benzene rings is 1. The van der Waals surface area contributed by atoms with Crippen molar-refractivity contribution in [3.8, 4) is 17.7 Å². The van der Waals surface area contributed by atoms with Gasteiger partial charge < -0.3 is 9.84 Å². The molecule has 6 nitrogen and oxygen atoms in total. The van der Waals surface area contributed by atoms with Crippen molar-refractivity contribution in [2.24, 2.45) is 0 Å². The highest BCUT2D eigenvalue weighted by molar-refractivity contribution is 5.88. The number of rotatable bonds is 3. The van der Waals surface area contributed by atoms with E-state index in [0.29, 0.717) is 28.1 Å². The Balaban J connectivity index is 2.42. The normalized spacial score (nSPS) is 10.0. The van der Waals surface area contributed by atoms with Crippen molar-refractivity contribution in [3.63, 3.8) is 0 Å². The number of hydrogen-bond donors (Lipinski definition) is 1. The number of nitriles is 1. The van der Waals surface area contributed by atoms with Gasteiger partial charge in [0.2, 0.25) is 0 Å². The highest BCUT2D eigenvalue weighted by atomic mass is 16.5. The third kappa shape index (κ3) is 2.82. The third-order valence-corrected chi connectivity index (χ3v) is 3.16. The fourth-order valence-electron chi connectivity index (χ4n) is 1.79. The minimum Gasteiger partial charge on any atom is -0.478 e. The first-order valence-electron chi connectivity index (χ1n) is 6.19. The van der Waals surface area contributed by atoms with Gasteiger partial charge >= 0.3 is 5.97 Å². The highest BCUT2D eigenvalue weighted by Gasteiger charge is 2.14. The maximum absolute atomic E-state index is 10.9. The second kappa shape index (κ2) is 5.59. The van der Waals surface area contributed by atoms with Crippen molar-refractivity contribution in [3.05, 3.63) is 46.1 Å². The molecule has 0 aliphatic heterocycles. The molecule has 0 aliphatic carbocycles. The lowest BCUT2D eigenvalue weighted by Crippen LogP contribution is -2.02. The molecule has 2 rings (SSSR count). The van der Waals surface area contributed by atoms with Gasteiger partial charge in [-0.1, -0.05) is 0 Å². The van der Waals surface area contributed by atoms with Crippen LogP contribution in [0.3, 0.4) is 0 Å². The SMILES string of the molecule is Cc1cc(C(=O)O)ccc1Oc1nnc(C)c(C)c1C#N. The molecule has 0 unspecified atom stereocenters. The van der Waals surface area contributed by atoms with Gasteiger partial charge in [-0.15, -0.1) is 5.10 Å². The fraction of sp³-hybridized carbons (Fsp3) is 0.200. The van der Waals surface area contributed by atoms with Crippen LogP contribution in [-0.4, -0.2) is 21.3 Å². The number of carboxylic acids is 1. The summed E-state index contributed by atoms with van der Waals surface area (Å²) in [5.41, 5.74) is 2.51. The monoisotopic (exact) mass is 283 g/mol. The molecule has 0 bridgehead atoms. The Morgan fingerprint density at radius 3 is 2.57 bits per heavy atom. The van der Waals surface area contributed by atoms with E-state index in [1.54, 1.807) is 20.8 Å². The molecule has 0 fully saturated rings. The van der Waals surface area contributed by atoms with Gasteiger partial charge in [-0.2, -0.15) is 10.4 Å². The van der Waals surface area contributed by atoms with Crippen LogP contribution in [0.2, 0.25) is 0 Å². The van der Waals surface area contributed by atoms with E-state index >= 15 is 0 Å². The predicted molar refractivity (Wildman–Crippen MR) is 74.4 cm³/mol. The lowest BCUT2D eigenvalue weighted by Gasteiger charge is -2.11. The summed E-state index contributed by atoms with van der Waals surface area (Å²) in [6.45, 7) is 5.26. The molecule has 0 aliphatic rings. The topological polar surface area (TPSA) is 96.1 Å². The summed E-state index contributed by atoms with van der Waals surface area (Å²) >= 11 is 0. The predicted octanol–water partition coefficient (Wildman–Crippen LogP) is 2.76. The van der Waals surface area contributed by atoms with Gasteiger partial charge in [-0.25, -0.2) is 4.79 Å². The van der Waals surface area contributed by atoms with E-state index in [1.165, 1.54) is 18.2 Å². The Labute approximate surface area is 121 Å². The van der Waals surface area contributed by atoms with Crippen LogP contribution in [0, 0.1) is 32.1 Å². The van der Waals surface area contributed by atoms with Crippen LogP contribution < -0.4 is 4.74 Å². The van der Waals surface area contributed by atoms with Crippen molar-refractivity contribution < 1.29 is 14.6 Å². The van der Waals surface area contributed by atoms with Crippen LogP contribution in [0.1, 0.15) is 32.7 Å². The summed E-state index contributed by atoms with van der Waals surface area (Å²) < 4.78 is 5.61. The number of ether oxygens (including phenoxy) is 1. The van der Waals surface area contributed by atoms with Gasteiger partial charge in [0.15, 0.2) is 0 Å². The summed E-state index contributed by atoms with van der Waals surface area (Å²) in [4.78, 5) is 10.9. The second-order valence-electron chi connectivity index (χ2n) is 4.59. The van der Waals surface area contributed by atoms with Crippen molar-refractivity contribution in [2.45, 2.75) is 20.8 Å². The number of hydrogen-bond acceptors (Lipinski definition) is 5. The molecule has 0 saturated heterocycles. The molecule has 0 atom stereocenters. The molecule has 0 radical (unpaired) electrons. The van der Waals surface area contributed by atoms with Gasteiger partial charge in [0.25, 0.3) is 5.88 Å². The molecule has 1 heterocycles. The van der Waals surface area contributed by atoms with Crippen molar-refractivity contribution in [1.82, 2.24) is 10.2 Å². The number of aromatic carboxylic acids is 1. The number of nitrogens with zero attached hydrogens (tertiary/aromatic N) is 3. The van der Waals surface area contributed by atoms with Gasteiger partial charge in [-0.3, -0.25) is 0 Å². The third-order valence-electron chi connectivity index (χ3n) is 3.16. The van der Waals surface area contributed by atoms with Gasteiger partial charge in [-0.05, 0) is 50.1 Å². The summed E-state index contributed by atoms with van der Waals surface area (Å²) in [5.74, 6) is -0.450. The zero-order chi connectivity index (χ0) is 15.6. The molecule has 21 heavy (non-hydrogen) atoms. The first-order chi connectivity index (χ1) is 9.93. The van der Waals surface area contributed by atoms with Crippen LogP contribution in [0.25, 0.3) is 0 Å². The Bertz CT molecular complexity index is 763. The number of carbonyl (C=O) groups is 1. The number of aryl methyl sites for hydroxylation is 2. The average molecular weight is 283 g/mol. The van der Waals surface area contributed by atoms with E-state index in [-0.39, 0.29) is 11.4 Å². The zero-order valence-electron chi connectivity index (χ0n) is 11.8. The first kappa shape index (κ1) is 14.5. The molecule has 2 aromatic rings. The number of carboxylic acid groups (broad SMARTS) is 1. The maximum atomic E-state index is 10.9. The standard InChI is InChI=1S/C15H13N3O3/c1-8-6-11(15(19)20)4-5-13(8)21-14-12(7-16)9(2)10(3)17-18-14/h4-6H,1-3H3,(H,19,20).